The number of nitrogens with zero attached hydrogens (tertiary/aromatic N) is 2. The summed E-state index contributed by atoms with van der Waals surface area (Å²) in [4.78, 5) is 10.1. The van der Waals surface area contributed by atoms with Crippen LogP contribution in [-0.4, -0.2) is 9.97 Å². The van der Waals surface area contributed by atoms with Crippen LogP contribution in [0.1, 0.15) is 25.0 Å². The SMILES string of the molecule is CC1(C)c2ccccc2-c2cc(-c3ccc(-c4cc(-c5cc(-c6ccccc6)nc(-c6ccccc6)n5)ccc4-c4ccccc4)cc3)ccc21. The highest BCUT2D eigenvalue weighted by Gasteiger charge is 2.35. The number of hydrogen-bond donors (Lipinski definition) is 0. The Hall–Kier alpha value is -6.38. The molecule has 0 aliphatic heterocycles. The second kappa shape index (κ2) is 12.5. The first-order chi connectivity index (χ1) is 25.0. The second-order valence-electron chi connectivity index (χ2n) is 13.8. The van der Waals surface area contributed by atoms with Gasteiger partial charge < -0.3 is 0 Å². The highest BCUT2D eigenvalue weighted by Crippen LogP contribution is 2.49. The molecule has 1 aromatic heterocycles. The first kappa shape index (κ1) is 30.7. The summed E-state index contributed by atoms with van der Waals surface area (Å²) in [5, 5.41) is 0. The molecule has 1 aliphatic carbocycles. The van der Waals surface area contributed by atoms with Gasteiger partial charge in [-0.3, -0.25) is 0 Å². The van der Waals surface area contributed by atoms with E-state index < -0.39 is 0 Å². The van der Waals surface area contributed by atoms with E-state index in [2.05, 4.69) is 172 Å². The van der Waals surface area contributed by atoms with Crippen LogP contribution in [0.15, 0.2) is 182 Å². The monoisotopic (exact) mass is 652 g/mol. The highest BCUT2D eigenvalue weighted by atomic mass is 14.9. The zero-order chi connectivity index (χ0) is 34.4. The van der Waals surface area contributed by atoms with Crippen molar-refractivity contribution in [1.82, 2.24) is 9.97 Å². The Morgan fingerprint density at radius 2 is 0.804 bits per heavy atom. The minimum Gasteiger partial charge on any atom is -0.228 e. The maximum atomic E-state index is 5.13. The summed E-state index contributed by atoms with van der Waals surface area (Å²) in [6.07, 6.45) is 0. The summed E-state index contributed by atoms with van der Waals surface area (Å²) in [6, 6.07) is 64.9. The van der Waals surface area contributed by atoms with E-state index in [1.165, 1.54) is 44.5 Å². The van der Waals surface area contributed by atoms with Crippen LogP contribution in [0.25, 0.3) is 78.4 Å². The fraction of sp³-hybridized carbons (Fsp3) is 0.0612. The van der Waals surface area contributed by atoms with E-state index in [-0.39, 0.29) is 5.41 Å². The van der Waals surface area contributed by atoms with Gasteiger partial charge >= 0.3 is 0 Å². The number of aromatic nitrogens is 2. The Balaban J connectivity index is 1.15. The third kappa shape index (κ3) is 5.56. The van der Waals surface area contributed by atoms with Crippen molar-refractivity contribution in [2.75, 3.05) is 0 Å². The largest absolute Gasteiger partial charge is 0.228 e. The molecule has 0 fully saturated rings. The quantitative estimate of drug-likeness (QED) is 0.179. The number of rotatable bonds is 6. The predicted octanol–water partition coefficient (Wildman–Crippen LogP) is 12.8. The van der Waals surface area contributed by atoms with Crippen LogP contribution in [0.2, 0.25) is 0 Å². The predicted molar refractivity (Wildman–Crippen MR) is 212 cm³/mol. The molecule has 8 aromatic rings. The van der Waals surface area contributed by atoms with Crippen molar-refractivity contribution in [1.29, 1.82) is 0 Å². The molecule has 1 aliphatic rings. The summed E-state index contributed by atoms with van der Waals surface area (Å²) < 4.78 is 0. The summed E-state index contributed by atoms with van der Waals surface area (Å²) >= 11 is 0. The zero-order valence-corrected chi connectivity index (χ0v) is 28.7. The average molecular weight is 653 g/mol. The topological polar surface area (TPSA) is 25.8 Å². The van der Waals surface area contributed by atoms with Gasteiger partial charge in [0.15, 0.2) is 5.82 Å². The third-order valence-corrected chi connectivity index (χ3v) is 10.3. The fourth-order valence-electron chi connectivity index (χ4n) is 7.62. The number of fused-ring (bicyclic) bond motifs is 3. The lowest BCUT2D eigenvalue weighted by Crippen LogP contribution is -2.14. The molecule has 0 radical (unpaired) electrons. The van der Waals surface area contributed by atoms with Crippen LogP contribution in [0, 0.1) is 0 Å². The lowest BCUT2D eigenvalue weighted by Gasteiger charge is -2.21. The molecule has 7 aromatic carbocycles. The van der Waals surface area contributed by atoms with E-state index in [1.807, 2.05) is 24.3 Å². The molecule has 0 amide bonds. The van der Waals surface area contributed by atoms with Crippen LogP contribution < -0.4 is 0 Å². The molecule has 51 heavy (non-hydrogen) atoms. The smallest absolute Gasteiger partial charge is 0.160 e. The van der Waals surface area contributed by atoms with Gasteiger partial charge in [0.1, 0.15) is 0 Å². The average Bonchev–Trinajstić information content (AvgIpc) is 3.44. The second-order valence-corrected chi connectivity index (χ2v) is 13.8. The van der Waals surface area contributed by atoms with Gasteiger partial charge in [-0.15, -0.1) is 0 Å². The van der Waals surface area contributed by atoms with Crippen molar-refractivity contribution in [3.05, 3.63) is 193 Å². The lowest BCUT2D eigenvalue weighted by atomic mass is 9.82. The van der Waals surface area contributed by atoms with Crippen molar-refractivity contribution < 1.29 is 0 Å². The van der Waals surface area contributed by atoms with Crippen LogP contribution in [-0.2, 0) is 5.41 Å². The summed E-state index contributed by atoms with van der Waals surface area (Å²) in [6.45, 7) is 4.66. The molecule has 0 atom stereocenters. The van der Waals surface area contributed by atoms with E-state index in [4.69, 9.17) is 9.97 Å². The van der Waals surface area contributed by atoms with Crippen LogP contribution >= 0.6 is 0 Å². The van der Waals surface area contributed by atoms with Gasteiger partial charge in [0.2, 0.25) is 0 Å². The van der Waals surface area contributed by atoms with E-state index in [9.17, 15) is 0 Å². The van der Waals surface area contributed by atoms with E-state index in [0.29, 0.717) is 5.82 Å². The van der Waals surface area contributed by atoms with E-state index in [0.717, 1.165) is 39.2 Å². The molecule has 242 valence electrons. The molecule has 2 nitrogen and oxygen atoms in total. The van der Waals surface area contributed by atoms with Crippen molar-refractivity contribution in [3.8, 4) is 78.4 Å². The van der Waals surface area contributed by atoms with Crippen LogP contribution in [0.4, 0.5) is 0 Å². The minimum atomic E-state index is 0.000559. The van der Waals surface area contributed by atoms with Crippen molar-refractivity contribution in [2.45, 2.75) is 19.3 Å². The lowest BCUT2D eigenvalue weighted by molar-refractivity contribution is 0.660. The van der Waals surface area contributed by atoms with Crippen molar-refractivity contribution >= 4 is 0 Å². The Morgan fingerprint density at radius 3 is 1.51 bits per heavy atom. The van der Waals surface area contributed by atoms with E-state index in [1.54, 1.807) is 0 Å². The maximum Gasteiger partial charge on any atom is 0.160 e. The molecule has 9 rings (SSSR count). The van der Waals surface area contributed by atoms with Gasteiger partial charge in [0, 0.05) is 22.1 Å². The van der Waals surface area contributed by atoms with Gasteiger partial charge in [0.05, 0.1) is 11.4 Å². The molecular formula is C49H36N2. The van der Waals surface area contributed by atoms with Gasteiger partial charge in [-0.1, -0.05) is 178 Å². The van der Waals surface area contributed by atoms with Crippen molar-refractivity contribution in [3.63, 3.8) is 0 Å². The van der Waals surface area contributed by atoms with E-state index >= 15 is 0 Å². The summed E-state index contributed by atoms with van der Waals surface area (Å²) in [7, 11) is 0. The Bertz CT molecular complexity index is 2460. The maximum absolute atomic E-state index is 5.13. The fourth-order valence-corrected chi connectivity index (χ4v) is 7.62. The highest BCUT2D eigenvalue weighted by molar-refractivity contribution is 5.89. The Morgan fingerprint density at radius 1 is 0.314 bits per heavy atom. The summed E-state index contributed by atoms with van der Waals surface area (Å²) in [5.74, 6) is 0.713. The van der Waals surface area contributed by atoms with Gasteiger partial charge in [-0.05, 0) is 73.8 Å². The van der Waals surface area contributed by atoms with Gasteiger partial charge in [-0.25, -0.2) is 9.97 Å². The molecule has 0 saturated carbocycles. The standard InChI is InChI=1S/C49H36N2/c1-49(2)44-21-13-12-20-41(44)43-30-38(27-29-45(43)49)33-22-24-35(25-23-33)42-31-39(26-28-40(42)34-14-6-3-7-15-34)47-32-46(36-16-8-4-9-17-36)50-48(51-47)37-18-10-5-11-19-37/h3-32H,1-2H3. The van der Waals surface area contributed by atoms with Crippen LogP contribution in [0.5, 0.6) is 0 Å². The van der Waals surface area contributed by atoms with Crippen LogP contribution in [0.3, 0.4) is 0 Å². The molecule has 0 unspecified atom stereocenters. The molecule has 0 spiro atoms. The zero-order valence-electron chi connectivity index (χ0n) is 28.7. The van der Waals surface area contributed by atoms with Gasteiger partial charge in [0.25, 0.3) is 0 Å². The molecule has 0 saturated heterocycles. The first-order valence-electron chi connectivity index (χ1n) is 17.6. The normalized spacial score (nSPS) is 12.7. The first-order valence-corrected chi connectivity index (χ1v) is 17.6. The van der Waals surface area contributed by atoms with Crippen molar-refractivity contribution in [2.24, 2.45) is 0 Å². The summed E-state index contributed by atoms with van der Waals surface area (Å²) in [5.41, 5.74) is 17.5. The Kier molecular flexibility index (Phi) is 7.51. The minimum absolute atomic E-state index is 0.000559. The molecule has 2 heteroatoms. The number of hydrogen-bond acceptors (Lipinski definition) is 2. The van der Waals surface area contributed by atoms with Gasteiger partial charge in [-0.2, -0.15) is 0 Å². The molecule has 0 N–H and O–H groups in total. The molecule has 1 heterocycles. The molecule has 0 bridgehead atoms. The molecular weight excluding hydrogens is 617 g/mol. The number of benzene rings is 7. The Labute approximate surface area is 299 Å². The third-order valence-electron chi connectivity index (χ3n) is 10.3.